The lowest BCUT2D eigenvalue weighted by atomic mass is 9.91. The lowest BCUT2D eigenvalue weighted by Crippen LogP contribution is -2.30. The highest BCUT2D eigenvalue weighted by Crippen LogP contribution is 2.35. The van der Waals surface area contributed by atoms with Crippen LogP contribution in [0.4, 0.5) is 0 Å². The highest BCUT2D eigenvalue weighted by Gasteiger charge is 2.31. The van der Waals surface area contributed by atoms with E-state index >= 15 is 0 Å². The number of benzene rings is 1. The van der Waals surface area contributed by atoms with Crippen molar-refractivity contribution in [2.24, 2.45) is 0 Å². The Labute approximate surface area is 135 Å². The number of ether oxygens (including phenoxy) is 3. The lowest BCUT2D eigenvalue weighted by Gasteiger charge is -2.20. The van der Waals surface area contributed by atoms with Gasteiger partial charge in [-0.15, -0.1) is 0 Å². The van der Waals surface area contributed by atoms with Gasteiger partial charge in [-0.05, 0) is 26.0 Å². The number of carbonyl (C=O) groups is 2. The maximum absolute atomic E-state index is 12.7. The molecule has 1 aliphatic rings. The molecule has 124 valence electrons. The minimum absolute atomic E-state index is 0.111. The van der Waals surface area contributed by atoms with Crippen molar-refractivity contribution in [2.45, 2.75) is 20.0 Å². The minimum Gasteiger partial charge on any atom is -0.496 e. The van der Waals surface area contributed by atoms with Gasteiger partial charge in [0.15, 0.2) is 5.78 Å². The van der Waals surface area contributed by atoms with Crippen molar-refractivity contribution in [3.05, 3.63) is 35.0 Å². The Hall–Kier alpha value is -2.34. The van der Waals surface area contributed by atoms with Crippen LogP contribution in [0.5, 0.6) is 11.5 Å². The van der Waals surface area contributed by atoms with Crippen molar-refractivity contribution in [3.8, 4) is 11.5 Å². The van der Waals surface area contributed by atoms with Crippen LogP contribution in [0.15, 0.2) is 23.9 Å². The van der Waals surface area contributed by atoms with Crippen LogP contribution in [0, 0.1) is 0 Å². The highest BCUT2D eigenvalue weighted by molar-refractivity contribution is 6.26. The van der Waals surface area contributed by atoms with Crippen molar-refractivity contribution >= 4 is 11.6 Å². The summed E-state index contributed by atoms with van der Waals surface area (Å²) < 4.78 is 15.8. The predicted molar refractivity (Wildman–Crippen MR) is 85.4 cm³/mol. The van der Waals surface area contributed by atoms with Gasteiger partial charge in [0.25, 0.3) is 0 Å². The van der Waals surface area contributed by atoms with Crippen LogP contribution in [0.25, 0.3) is 0 Å². The van der Waals surface area contributed by atoms with Gasteiger partial charge in [0.1, 0.15) is 11.5 Å². The largest absolute Gasteiger partial charge is 0.496 e. The number of allylic oxidation sites excluding steroid dienone is 2. The van der Waals surface area contributed by atoms with Crippen LogP contribution in [0.2, 0.25) is 0 Å². The van der Waals surface area contributed by atoms with E-state index in [0.29, 0.717) is 24.7 Å². The minimum atomic E-state index is -0.292. The number of nitrogens with one attached hydrogen (secondary N) is 1. The summed E-state index contributed by atoms with van der Waals surface area (Å²) in [6.45, 7) is 4.74. The van der Waals surface area contributed by atoms with Gasteiger partial charge in [-0.25, -0.2) is 0 Å². The van der Waals surface area contributed by atoms with Crippen LogP contribution < -0.4 is 14.8 Å². The Bertz CT molecular complexity index is 649. The molecule has 6 nitrogen and oxygen atoms in total. The fourth-order valence-electron chi connectivity index (χ4n) is 2.39. The van der Waals surface area contributed by atoms with E-state index in [1.807, 2.05) is 13.8 Å². The molecule has 0 bridgehead atoms. The zero-order valence-corrected chi connectivity index (χ0v) is 13.8. The first kappa shape index (κ1) is 17.0. The summed E-state index contributed by atoms with van der Waals surface area (Å²) in [7, 11) is 2.92. The van der Waals surface area contributed by atoms with Gasteiger partial charge in [-0.2, -0.15) is 0 Å². The van der Waals surface area contributed by atoms with Gasteiger partial charge in [0, 0.05) is 12.6 Å². The number of hydrogen-bond acceptors (Lipinski definition) is 6. The van der Waals surface area contributed by atoms with Crippen LogP contribution in [0.3, 0.4) is 0 Å². The van der Waals surface area contributed by atoms with E-state index in [0.717, 1.165) is 0 Å². The van der Waals surface area contributed by atoms with Gasteiger partial charge < -0.3 is 19.5 Å². The molecule has 1 aromatic carbocycles. The lowest BCUT2D eigenvalue weighted by molar-refractivity contribution is 0.0810. The molecule has 2 rings (SSSR count). The Morgan fingerprint density at radius 1 is 1.04 bits per heavy atom. The molecule has 0 aromatic heterocycles. The summed E-state index contributed by atoms with van der Waals surface area (Å²) in [6.07, 6.45) is 1.40. The van der Waals surface area contributed by atoms with Crippen molar-refractivity contribution in [1.82, 2.24) is 5.32 Å². The third kappa shape index (κ3) is 3.53. The molecule has 0 spiro atoms. The van der Waals surface area contributed by atoms with E-state index in [2.05, 4.69) is 5.32 Å². The second kappa shape index (κ2) is 7.28. The average molecular weight is 319 g/mol. The first-order valence-electron chi connectivity index (χ1n) is 7.40. The topological polar surface area (TPSA) is 73.9 Å². The van der Waals surface area contributed by atoms with Crippen molar-refractivity contribution < 1.29 is 23.8 Å². The van der Waals surface area contributed by atoms with E-state index in [1.54, 1.807) is 12.1 Å². The van der Waals surface area contributed by atoms with Crippen molar-refractivity contribution in [3.63, 3.8) is 0 Å². The van der Waals surface area contributed by atoms with E-state index in [1.165, 1.54) is 20.3 Å². The van der Waals surface area contributed by atoms with E-state index < -0.39 is 0 Å². The van der Waals surface area contributed by atoms with Crippen LogP contribution in [-0.4, -0.2) is 45.0 Å². The van der Waals surface area contributed by atoms with E-state index in [9.17, 15) is 9.59 Å². The summed E-state index contributed by atoms with van der Waals surface area (Å²) in [4.78, 5) is 25.1. The molecule has 1 aliphatic carbocycles. The molecular weight excluding hydrogens is 298 g/mol. The quantitative estimate of drug-likeness (QED) is 0.775. The summed E-state index contributed by atoms with van der Waals surface area (Å²) in [5.41, 5.74) is 0.703. The molecule has 6 heteroatoms. The van der Waals surface area contributed by atoms with E-state index in [4.69, 9.17) is 14.2 Å². The Balaban J connectivity index is 2.27. The third-order valence-electron chi connectivity index (χ3n) is 3.43. The molecule has 0 amide bonds. The molecule has 0 saturated heterocycles. The molecular formula is C17H21NO5. The molecule has 0 fully saturated rings. The maximum atomic E-state index is 12.7. The van der Waals surface area contributed by atoms with Crippen LogP contribution in [0.1, 0.15) is 34.6 Å². The fraction of sp³-hybridized carbons (Fsp3) is 0.412. The zero-order valence-electron chi connectivity index (χ0n) is 13.8. The van der Waals surface area contributed by atoms with Gasteiger partial charge in [-0.1, -0.05) is 0 Å². The van der Waals surface area contributed by atoms with Crippen LogP contribution in [-0.2, 0) is 4.74 Å². The summed E-state index contributed by atoms with van der Waals surface area (Å²) in [5.74, 6) is 0.130. The zero-order chi connectivity index (χ0) is 17.0. The smallest absolute Gasteiger partial charge is 0.213 e. The number of Topliss-reactive ketones (excluding diaryl/α,β-unsaturated/α-hetero) is 1. The number of rotatable bonds is 7. The second-order valence-electron chi connectivity index (χ2n) is 5.32. The summed E-state index contributed by atoms with van der Waals surface area (Å²) >= 11 is 0. The Morgan fingerprint density at radius 2 is 1.65 bits per heavy atom. The molecule has 0 atom stereocenters. The molecule has 0 heterocycles. The summed E-state index contributed by atoms with van der Waals surface area (Å²) in [5, 5.41) is 2.96. The monoisotopic (exact) mass is 319 g/mol. The van der Waals surface area contributed by atoms with E-state index in [-0.39, 0.29) is 34.5 Å². The molecule has 0 aliphatic heterocycles. The predicted octanol–water partition coefficient (Wildman–Crippen LogP) is 1.98. The first-order chi connectivity index (χ1) is 11.0. The molecule has 0 unspecified atom stereocenters. The normalized spacial score (nSPS) is 13.7. The van der Waals surface area contributed by atoms with Gasteiger partial charge >= 0.3 is 0 Å². The highest BCUT2D eigenvalue weighted by atomic mass is 16.5. The fourth-order valence-corrected chi connectivity index (χ4v) is 2.39. The number of carbonyl (C=O) groups excluding carboxylic acids is 2. The molecule has 0 radical (unpaired) electrons. The van der Waals surface area contributed by atoms with Gasteiger partial charge in [0.2, 0.25) is 5.78 Å². The number of fused-ring (bicyclic) bond motifs is 1. The van der Waals surface area contributed by atoms with Crippen molar-refractivity contribution in [1.29, 1.82) is 0 Å². The summed E-state index contributed by atoms with van der Waals surface area (Å²) in [6, 6.07) is 3.24. The molecule has 0 saturated carbocycles. The second-order valence-corrected chi connectivity index (χ2v) is 5.32. The number of ketones is 2. The molecule has 1 N–H and O–H groups in total. The SMILES string of the molecule is COc1ccc(OC)c2c1C(=O)C=C(NCCOC(C)C)C2=O. The standard InChI is InChI=1S/C17H21NO5/c1-10(2)23-8-7-18-11-9-12(19)15-13(21-3)5-6-14(22-4)16(15)17(11)20/h5-6,9-10,18H,7-8H2,1-4H3. The van der Waals surface area contributed by atoms with Gasteiger partial charge in [-0.3, -0.25) is 9.59 Å². The third-order valence-corrected chi connectivity index (χ3v) is 3.43. The molecule has 1 aromatic rings. The first-order valence-corrected chi connectivity index (χ1v) is 7.40. The molecule has 23 heavy (non-hydrogen) atoms. The van der Waals surface area contributed by atoms with Crippen molar-refractivity contribution in [2.75, 3.05) is 27.4 Å². The Morgan fingerprint density at radius 3 is 2.22 bits per heavy atom. The van der Waals surface area contributed by atoms with Gasteiger partial charge in [0.05, 0.1) is 43.8 Å². The number of hydrogen-bond donors (Lipinski definition) is 1. The Kier molecular flexibility index (Phi) is 5.39. The number of methoxy groups -OCH3 is 2. The maximum Gasteiger partial charge on any atom is 0.213 e. The average Bonchev–Trinajstić information content (AvgIpc) is 2.54. The van der Waals surface area contributed by atoms with Crippen LogP contribution >= 0.6 is 0 Å².